The lowest BCUT2D eigenvalue weighted by molar-refractivity contribution is -0.141. The van der Waals surface area contributed by atoms with E-state index in [1.54, 1.807) is 35.8 Å². The molecule has 2 aromatic carbocycles. The molecule has 0 atom stereocenters. The van der Waals surface area contributed by atoms with Crippen molar-refractivity contribution in [3.05, 3.63) is 48.0 Å². The molecule has 0 spiro atoms. The molecule has 42 heavy (non-hydrogen) atoms. The number of carbonyl (C=O) groups is 2. The molecular formula is C34H43N3O4S. The van der Waals surface area contributed by atoms with Gasteiger partial charge in [0, 0.05) is 12.1 Å². The van der Waals surface area contributed by atoms with Crippen molar-refractivity contribution in [2.45, 2.75) is 96.8 Å². The standard InChI is InChI=1S/C34H43N3O4S/c1-2-3-4-13-22-37(34-36-29-18-11-12-19-31(29)42-34)35-24-27-23-28(40-32(38)25-14-7-5-8-15-25)20-21-30(27)41-33(39)26-16-9-6-10-17-26/h11-12,18-21,23-26H,2-10,13-17,22H2,1H3/b35-24-. The molecule has 224 valence electrons. The Hall–Kier alpha value is -3.26. The van der Waals surface area contributed by atoms with Crippen LogP contribution in [0.1, 0.15) is 102 Å². The van der Waals surface area contributed by atoms with Crippen LogP contribution in [0, 0.1) is 11.8 Å². The van der Waals surface area contributed by atoms with Gasteiger partial charge in [-0.2, -0.15) is 5.10 Å². The lowest BCUT2D eigenvalue weighted by Crippen LogP contribution is -2.24. The van der Waals surface area contributed by atoms with Gasteiger partial charge in [-0.25, -0.2) is 9.99 Å². The minimum Gasteiger partial charge on any atom is -0.426 e. The van der Waals surface area contributed by atoms with Crippen LogP contribution < -0.4 is 14.5 Å². The molecule has 5 rings (SSSR count). The van der Waals surface area contributed by atoms with E-state index in [0.717, 1.165) is 92.5 Å². The molecule has 2 saturated carbocycles. The molecule has 2 aliphatic carbocycles. The third-order valence-corrected chi connectivity index (χ3v) is 9.40. The second-order valence-electron chi connectivity index (χ2n) is 11.6. The first-order valence-electron chi connectivity index (χ1n) is 15.8. The highest BCUT2D eigenvalue weighted by Gasteiger charge is 2.25. The summed E-state index contributed by atoms with van der Waals surface area (Å²) in [4.78, 5) is 30.8. The van der Waals surface area contributed by atoms with Gasteiger partial charge >= 0.3 is 11.9 Å². The van der Waals surface area contributed by atoms with Gasteiger partial charge in [-0.3, -0.25) is 9.59 Å². The SMILES string of the molecule is CCCCCCN(/N=C\c1cc(OC(=O)C2CCCCC2)ccc1OC(=O)C1CCCCC1)c1nc2ccccc2s1. The molecule has 1 aromatic heterocycles. The number of unbranched alkanes of at least 4 members (excludes halogenated alkanes) is 3. The van der Waals surface area contributed by atoms with Crippen LogP contribution in [0.15, 0.2) is 47.6 Å². The summed E-state index contributed by atoms with van der Waals surface area (Å²) in [6.07, 6.45) is 16.2. The summed E-state index contributed by atoms with van der Waals surface area (Å²) in [5.41, 5.74) is 1.55. The van der Waals surface area contributed by atoms with E-state index in [1.165, 1.54) is 19.3 Å². The number of para-hydroxylation sites is 1. The van der Waals surface area contributed by atoms with Crippen LogP contribution in [0.3, 0.4) is 0 Å². The Labute approximate surface area is 253 Å². The molecule has 2 fully saturated rings. The van der Waals surface area contributed by atoms with E-state index in [-0.39, 0.29) is 23.8 Å². The minimum atomic E-state index is -0.195. The fourth-order valence-corrected chi connectivity index (χ4v) is 6.79. The van der Waals surface area contributed by atoms with Crippen molar-refractivity contribution in [2.24, 2.45) is 16.9 Å². The number of hydrazone groups is 1. The largest absolute Gasteiger partial charge is 0.426 e. The van der Waals surface area contributed by atoms with Crippen molar-refractivity contribution in [2.75, 3.05) is 11.6 Å². The Morgan fingerprint density at radius 2 is 1.60 bits per heavy atom. The van der Waals surface area contributed by atoms with E-state index in [2.05, 4.69) is 13.0 Å². The summed E-state index contributed by atoms with van der Waals surface area (Å²) < 4.78 is 12.9. The van der Waals surface area contributed by atoms with Gasteiger partial charge in [0.25, 0.3) is 0 Å². The Morgan fingerprint density at radius 3 is 2.29 bits per heavy atom. The van der Waals surface area contributed by atoms with Gasteiger partial charge < -0.3 is 9.47 Å². The summed E-state index contributed by atoms with van der Waals surface area (Å²) in [5.74, 6) is 0.360. The van der Waals surface area contributed by atoms with Crippen LogP contribution in [0.4, 0.5) is 5.13 Å². The van der Waals surface area contributed by atoms with Crippen LogP contribution in [-0.4, -0.2) is 29.7 Å². The summed E-state index contributed by atoms with van der Waals surface area (Å²) in [6, 6.07) is 13.3. The zero-order chi connectivity index (χ0) is 29.1. The third-order valence-electron chi connectivity index (χ3n) is 8.35. The van der Waals surface area contributed by atoms with Crippen LogP contribution >= 0.6 is 11.3 Å². The number of nitrogens with zero attached hydrogens (tertiary/aromatic N) is 3. The molecule has 3 aromatic rings. The number of hydrogen-bond acceptors (Lipinski definition) is 8. The fraction of sp³-hybridized carbons (Fsp3) is 0.529. The lowest BCUT2D eigenvalue weighted by atomic mass is 9.89. The molecule has 0 aliphatic heterocycles. The highest BCUT2D eigenvalue weighted by atomic mass is 32.1. The Kier molecular flexibility index (Phi) is 11.0. The molecule has 0 amide bonds. The number of hydrogen-bond donors (Lipinski definition) is 0. The normalized spacial score (nSPS) is 16.6. The predicted octanol–water partition coefficient (Wildman–Crippen LogP) is 8.69. The zero-order valence-electron chi connectivity index (χ0n) is 24.8. The lowest BCUT2D eigenvalue weighted by Gasteiger charge is -2.21. The second-order valence-corrected chi connectivity index (χ2v) is 12.6. The maximum Gasteiger partial charge on any atom is 0.314 e. The molecule has 2 aliphatic rings. The highest BCUT2D eigenvalue weighted by molar-refractivity contribution is 7.22. The van der Waals surface area contributed by atoms with Crippen LogP contribution in [-0.2, 0) is 9.59 Å². The van der Waals surface area contributed by atoms with Gasteiger partial charge in [0.05, 0.1) is 28.3 Å². The predicted molar refractivity (Wildman–Crippen MR) is 170 cm³/mol. The van der Waals surface area contributed by atoms with Gasteiger partial charge in [0.2, 0.25) is 5.13 Å². The molecule has 7 nitrogen and oxygen atoms in total. The van der Waals surface area contributed by atoms with E-state index >= 15 is 0 Å². The Morgan fingerprint density at radius 1 is 0.905 bits per heavy atom. The monoisotopic (exact) mass is 589 g/mol. The number of carbonyl (C=O) groups excluding carboxylic acids is 2. The quantitative estimate of drug-likeness (QED) is 0.0691. The maximum absolute atomic E-state index is 13.1. The third kappa shape index (κ3) is 8.18. The summed E-state index contributed by atoms with van der Waals surface area (Å²) in [6.45, 7) is 2.93. The van der Waals surface area contributed by atoms with Crippen molar-refractivity contribution in [1.82, 2.24) is 4.98 Å². The topological polar surface area (TPSA) is 81.1 Å². The van der Waals surface area contributed by atoms with E-state index in [1.807, 2.05) is 23.2 Å². The number of anilines is 1. The number of rotatable bonds is 12. The fourth-order valence-electron chi connectivity index (χ4n) is 5.85. The minimum absolute atomic E-state index is 0.0580. The molecule has 0 radical (unpaired) electrons. The Balaban J connectivity index is 1.40. The number of ether oxygens (including phenoxy) is 2. The number of aromatic nitrogens is 1. The summed E-state index contributed by atoms with van der Waals surface area (Å²) in [5, 5.41) is 7.63. The molecule has 0 bridgehead atoms. The maximum atomic E-state index is 13.1. The van der Waals surface area contributed by atoms with Crippen LogP contribution in [0.25, 0.3) is 10.2 Å². The number of esters is 2. The summed E-state index contributed by atoms with van der Waals surface area (Å²) >= 11 is 1.61. The van der Waals surface area contributed by atoms with Crippen molar-refractivity contribution in [3.8, 4) is 11.5 Å². The first kappa shape index (κ1) is 30.2. The van der Waals surface area contributed by atoms with E-state index < -0.39 is 0 Å². The van der Waals surface area contributed by atoms with Crippen molar-refractivity contribution in [1.29, 1.82) is 0 Å². The average molecular weight is 590 g/mol. The number of fused-ring (bicyclic) bond motifs is 1. The van der Waals surface area contributed by atoms with Crippen molar-refractivity contribution < 1.29 is 19.1 Å². The number of thiazole rings is 1. The van der Waals surface area contributed by atoms with Crippen LogP contribution in [0.5, 0.6) is 11.5 Å². The molecule has 8 heteroatoms. The first-order chi connectivity index (χ1) is 20.6. The van der Waals surface area contributed by atoms with E-state index in [0.29, 0.717) is 17.1 Å². The molecule has 1 heterocycles. The summed E-state index contributed by atoms with van der Waals surface area (Å²) in [7, 11) is 0. The van der Waals surface area contributed by atoms with Crippen LogP contribution in [0.2, 0.25) is 0 Å². The smallest absolute Gasteiger partial charge is 0.314 e. The molecular weight excluding hydrogens is 546 g/mol. The van der Waals surface area contributed by atoms with E-state index in [9.17, 15) is 9.59 Å². The molecule has 0 unspecified atom stereocenters. The first-order valence-corrected chi connectivity index (χ1v) is 16.7. The van der Waals surface area contributed by atoms with Crippen molar-refractivity contribution >= 4 is 44.8 Å². The van der Waals surface area contributed by atoms with Gasteiger partial charge in [-0.05, 0) is 62.4 Å². The number of benzene rings is 2. The van der Waals surface area contributed by atoms with Crippen molar-refractivity contribution in [3.63, 3.8) is 0 Å². The second kappa shape index (κ2) is 15.3. The van der Waals surface area contributed by atoms with Gasteiger partial charge in [-0.1, -0.05) is 88.2 Å². The average Bonchev–Trinajstić information content (AvgIpc) is 3.47. The molecule has 0 N–H and O–H groups in total. The van der Waals surface area contributed by atoms with E-state index in [4.69, 9.17) is 19.6 Å². The highest BCUT2D eigenvalue weighted by Crippen LogP contribution is 2.32. The van der Waals surface area contributed by atoms with Gasteiger partial charge in [0.15, 0.2) is 0 Å². The zero-order valence-corrected chi connectivity index (χ0v) is 25.6. The van der Waals surface area contributed by atoms with Gasteiger partial charge in [-0.15, -0.1) is 0 Å². The van der Waals surface area contributed by atoms with Gasteiger partial charge in [0.1, 0.15) is 11.5 Å². The Bertz CT molecular complexity index is 1320. The molecule has 0 saturated heterocycles.